The minimum absolute atomic E-state index is 0.283. The van der Waals surface area contributed by atoms with Gasteiger partial charge in [-0.2, -0.15) is 0 Å². The third-order valence-corrected chi connectivity index (χ3v) is 3.92. The Hall–Kier alpha value is -2.07. The summed E-state index contributed by atoms with van der Waals surface area (Å²) in [7, 11) is 0. The van der Waals surface area contributed by atoms with Gasteiger partial charge in [0.1, 0.15) is 0 Å². The molecule has 1 aliphatic rings. The van der Waals surface area contributed by atoms with Crippen molar-refractivity contribution in [2.75, 3.05) is 5.32 Å². The number of fused-ring (bicyclic) bond motifs is 1. The van der Waals surface area contributed by atoms with Gasteiger partial charge in [0.25, 0.3) is 0 Å². The highest BCUT2D eigenvalue weighted by molar-refractivity contribution is 6.32. The van der Waals surface area contributed by atoms with Crippen LogP contribution in [0.5, 0.6) is 0 Å². The van der Waals surface area contributed by atoms with Crippen molar-refractivity contribution in [3.63, 3.8) is 0 Å². The fourth-order valence-electron chi connectivity index (χ4n) is 2.56. The summed E-state index contributed by atoms with van der Waals surface area (Å²) >= 11 is 5.90. The molecule has 0 atom stereocenters. The monoisotopic (exact) mass is 301 g/mol. The number of nitrogens with zero attached hydrogens (tertiary/aromatic N) is 1. The predicted octanol–water partition coefficient (Wildman–Crippen LogP) is 3.55. The third kappa shape index (κ3) is 3.34. The summed E-state index contributed by atoms with van der Waals surface area (Å²) in [6, 6.07) is 9.56. The van der Waals surface area contributed by atoms with Gasteiger partial charge in [0.15, 0.2) is 5.15 Å². The van der Waals surface area contributed by atoms with Crippen molar-refractivity contribution in [3.8, 4) is 0 Å². The van der Waals surface area contributed by atoms with Crippen molar-refractivity contribution in [1.29, 1.82) is 0 Å². The van der Waals surface area contributed by atoms with Crippen LogP contribution in [0.15, 0.2) is 36.5 Å². The van der Waals surface area contributed by atoms with Crippen LogP contribution in [-0.4, -0.2) is 11.0 Å². The van der Waals surface area contributed by atoms with Crippen LogP contribution in [0.3, 0.4) is 0 Å². The second-order valence-electron chi connectivity index (χ2n) is 5.11. The molecule has 2 aromatic rings. The average Bonchev–Trinajstić information content (AvgIpc) is 2.95. The maximum atomic E-state index is 11.9. The Balaban J connectivity index is 1.58. The lowest BCUT2D eigenvalue weighted by Crippen LogP contribution is -2.28. The van der Waals surface area contributed by atoms with Gasteiger partial charge in [-0.15, -0.1) is 0 Å². The molecule has 0 fully saturated rings. The van der Waals surface area contributed by atoms with E-state index < -0.39 is 0 Å². The van der Waals surface area contributed by atoms with E-state index >= 15 is 0 Å². The molecular formula is C16H16ClN3O. The highest BCUT2D eigenvalue weighted by Crippen LogP contribution is 2.22. The third-order valence-electron chi connectivity index (χ3n) is 3.62. The Kier molecular flexibility index (Phi) is 4.06. The van der Waals surface area contributed by atoms with Crippen molar-refractivity contribution in [3.05, 3.63) is 58.4 Å². The van der Waals surface area contributed by atoms with E-state index in [4.69, 9.17) is 11.6 Å². The quantitative estimate of drug-likeness (QED) is 0.852. The highest BCUT2D eigenvalue weighted by Gasteiger charge is 2.11. The summed E-state index contributed by atoms with van der Waals surface area (Å²) in [4.78, 5) is 15.8. The number of nitrogens with one attached hydrogen (secondary N) is 2. The first kappa shape index (κ1) is 13.9. The van der Waals surface area contributed by atoms with Crippen LogP contribution < -0.4 is 10.6 Å². The zero-order valence-corrected chi connectivity index (χ0v) is 12.3. The summed E-state index contributed by atoms with van der Waals surface area (Å²) in [5.74, 6) is 0. The van der Waals surface area contributed by atoms with E-state index in [-0.39, 0.29) is 11.2 Å². The minimum Gasteiger partial charge on any atom is -0.334 e. The van der Waals surface area contributed by atoms with Crippen LogP contribution in [0, 0.1) is 0 Å². The Morgan fingerprint density at radius 2 is 2.10 bits per heavy atom. The average molecular weight is 302 g/mol. The maximum absolute atomic E-state index is 11.9. The number of hydrogen-bond acceptors (Lipinski definition) is 2. The van der Waals surface area contributed by atoms with Gasteiger partial charge in [0.2, 0.25) is 0 Å². The van der Waals surface area contributed by atoms with E-state index in [9.17, 15) is 4.79 Å². The summed E-state index contributed by atoms with van der Waals surface area (Å²) < 4.78 is 0. The summed E-state index contributed by atoms with van der Waals surface area (Å²) in [5, 5.41) is 5.80. The second-order valence-corrected chi connectivity index (χ2v) is 5.46. The van der Waals surface area contributed by atoms with E-state index in [1.807, 2.05) is 0 Å². The number of aromatic nitrogens is 1. The number of benzene rings is 1. The number of hydrogen-bond donors (Lipinski definition) is 2. The van der Waals surface area contributed by atoms with Gasteiger partial charge in [-0.3, -0.25) is 0 Å². The summed E-state index contributed by atoms with van der Waals surface area (Å²) in [6.07, 6.45) is 5.12. The first-order chi connectivity index (χ1) is 10.2. The summed E-state index contributed by atoms with van der Waals surface area (Å²) in [5.41, 5.74) is 4.46. The van der Waals surface area contributed by atoms with E-state index in [0.29, 0.717) is 12.2 Å². The number of anilines is 1. The van der Waals surface area contributed by atoms with Crippen molar-refractivity contribution in [1.82, 2.24) is 10.3 Å². The zero-order chi connectivity index (χ0) is 14.7. The van der Waals surface area contributed by atoms with Gasteiger partial charge in [0.05, 0.1) is 5.69 Å². The van der Waals surface area contributed by atoms with Gasteiger partial charge in [0, 0.05) is 12.7 Å². The van der Waals surface area contributed by atoms with Crippen LogP contribution in [0.4, 0.5) is 10.5 Å². The first-order valence-corrected chi connectivity index (χ1v) is 7.36. The van der Waals surface area contributed by atoms with Crippen LogP contribution >= 0.6 is 11.6 Å². The number of urea groups is 1. The molecule has 1 aromatic carbocycles. The normalized spacial score (nSPS) is 12.8. The van der Waals surface area contributed by atoms with Crippen LogP contribution in [0.2, 0.25) is 5.15 Å². The van der Waals surface area contributed by atoms with Gasteiger partial charge < -0.3 is 10.6 Å². The fourth-order valence-corrected chi connectivity index (χ4v) is 2.73. The minimum atomic E-state index is -0.287. The molecule has 0 radical (unpaired) electrons. The number of rotatable bonds is 3. The Morgan fingerprint density at radius 1 is 1.24 bits per heavy atom. The highest BCUT2D eigenvalue weighted by atomic mass is 35.5. The van der Waals surface area contributed by atoms with Crippen molar-refractivity contribution in [2.24, 2.45) is 0 Å². The Labute approximate surface area is 128 Å². The predicted molar refractivity (Wildman–Crippen MR) is 83.6 cm³/mol. The molecule has 1 aromatic heterocycles. The van der Waals surface area contributed by atoms with E-state index in [1.54, 1.807) is 18.3 Å². The topological polar surface area (TPSA) is 54.0 Å². The van der Waals surface area contributed by atoms with Gasteiger partial charge in [-0.1, -0.05) is 29.8 Å². The van der Waals surface area contributed by atoms with Crippen LogP contribution in [0.1, 0.15) is 23.1 Å². The van der Waals surface area contributed by atoms with E-state index in [0.717, 1.165) is 12.0 Å². The Morgan fingerprint density at radius 3 is 2.95 bits per heavy atom. The fraction of sp³-hybridized carbons (Fsp3) is 0.250. The SMILES string of the molecule is O=C(NCc1ccc2c(c1)CCC2)Nc1cccnc1Cl. The molecule has 1 heterocycles. The molecule has 0 unspecified atom stereocenters. The molecule has 2 N–H and O–H groups in total. The molecule has 0 bridgehead atoms. The zero-order valence-electron chi connectivity index (χ0n) is 11.5. The number of carbonyl (C=O) groups excluding carboxylic acids is 1. The van der Waals surface area contributed by atoms with Crippen LogP contribution in [0.25, 0.3) is 0 Å². The first-order valence-electron chi connectivity index (χ1n) is 6.98. The van der Waals surface area contributed by atoms with Gasteiger partial charge in [-0.05, 0) is 48.1 Å². The standard InChI is InChI=1S/C16H16ClN3O/c17-15-14(5-2-8-18-15)20-16(21)19-10-11-6-7-12-3-1-4-13(12)9-11/h2,5-9H,1,3-4,10H2,(H2,19,20,21). The maximum Gasteiger partial charge on any atom is 0.319 e. The molecule has 4 nitrogen and oxygen atoms in total. The molecule has 3 rings (SSSR count). The number of amides is 2. The molecule has 0 spiro atoms. The molecule has 21 heavy (non-hydrogen) atoms. The number of carbonyl (C=O) groups is 1. The van der Waals surface area contributed by atoms with Gasteiger partial charge in [-0.25, -0.2) is 9.78 Å². The molecule has 2 amide bonds. The van der Waals surface area contributed by atoms with Crippen molar-refractivity contribution >= 4 is 23.3 Å². The second kappa shape index (κ2) is 6.14. The molecule has 0 saturated heterocycles. The lowest BCUT2D eigenvalue weighted by atomic mass is 10.1. The number of halogens is 1. The van der Waals surface area contributed by atoms with E-state index in [2.05, 4.69) is 33.8 Å². The number of aryl methyl sites for hydroxylation is 2. The summed E-state index contributed by atoms with van der Waals surface area (Å²) in [6.45, 7) is 0.497. The largest absolute Gasteiger partial charge is 0.334 e. The molecule has 108 valence electrons. The van der Waals surface area contributed by atoms with Crippen LogP contribution in [-0.2, 0) is 19.4 Å². The molecule has 0 saturated carbocycles. The van der Waals surface area contributed by atoms with Gasteiger partial charge >= 0.3 is 6.03 Å². The molecule has 5 heteroatoms. The molecular weight excluding hydrogens is 286 g/mol. The molecule has 0 aliphatic heterocycles. The van der Waals surface area contributed by atoms with E-state index in [1.165, 1.54) is 24.0 Å². The van der Waals surface area contributed by atoms with Crippen molar-refractivity contribution in [2.45, 2.75) is 25.8 Å². The Bertz CT molecular complexity index is 672. The lowest BCUT2D eigenvalue weighted by Gasteiger charge is -2.09. The number of pyridine rings is 1. The smallest absolute Gasteiger partial charge is 0.319 e. The lowest BCUT2D eigenvalue weighted by molar-refractivity contribution is 0.251. The molecule has 1 aliphatic carbocycles. The van der Waals surface area contributed by atoms with Crippen molar-refractivity contribution < 1.29 is 4.79 Å².